The Balaban J connectivity index is 1.31. The highest BCUT2D eigenvalue weighted by Crippen LogP contribution is 2.61. The summed E-state index contributed by atoms with van der Waals surface area (Å²) in [6, 6.07) is 9.23. The van der Waals surface area contributed by atoms with Crippen LogP contribution in [-0.2, 0) is 16.0 Å². The van der Waals surface area contributed by atoms with E-state index in [9.17, 15) is 19.4 Å². The average molecular weight is 504 g/mol. The van der Waals surface area contributed by atoms with Crippen molar-refractivity contribution >= 4 is 17.7 Å². The third-order valence-corrected chi connectivity index (χ3v) is 7.68. The van der Waals surface area contributed by atoms with Crippen molar-refractivity contribution in [3.05, 3.63) is 58.4 Å². The van der Waals surface area contributed by atoms with Crippen molar-refractivity contribution in [2.24, 2.45) is 5.92 Å². The van der Waals surface area contributed by atoms with E-state index >= 15 is 0 Å². The Labute approximate surface area is 210 Å². The number of nitrogens with one attached hydrogen (secondary N) is 1. The van der Waals surface area contributed by atoms with E-state index in [1.807, 2.05) is 52.1 Å². The van der Waals surface area contributed by atoms with E-state index in [0.717, 1.165) is 28.0 Å². The molecule has 0 amide bonds. The average Bonchev–Trinajstić information content (AvgIpc) is 3.38. The van der Waals surface area contributed by atoms with Gasteiger partial charge in [0, 0.05) is 28.5 Å². The maximum absolute atomic E-state index is 14.1. The topological polar surface area (TPSA) is 88.0 Å². The third kappa shape index (κ3) is 5.50. The van der Waals surface area contributed by atoms with E-state index in [4.69, 9.17) is 9.47 Å². The number of aryl methyl sites for hydroxylation is 1. The Hall–Kier alpha value is -2.13. The molecule has 1 aliphatic heterocycles. The van der Waals surface area contributed by atoms with Gasteiger partial charge in [0.05, 0.1) is 18.8 Å². The molecule has 6 nitrogen and oxygen atoms in total. The maximum atomic E-state index is 14.1. The summed E-state index contributed by atoms with van der Waals surface area (Å²) >= 11 is 1.38. The molecule has 2 aliphatic rings. The number of rotatable bonds is 11. The van der Waals surface area contributed by atoms with Gasteiger partial charge in [0.15, 0.2) is 0 Å². The van der Waals surface area contributed by atoms with Crippen molar-refractivity contribution in [3.63, 3.8) is 0 Å². The number of carboxylic acids is 1. The Morgan fingerprint density at radius 3 is 2.71 bits per heavy atom. The van der Waals surface area contributed by atoms with Gasteiger partial charge in [-0.2, -0.15) is 0 Å². The molecule has 0 spiro atoms. The molecule has 2 aromatic rings. The molecule has 0 saturated heterocycles. The van der Waals surface area contributed by atoms with Crippen LogP contribution in [-0.4, -0.2) is 53.3 Å². The second-order valence-corrected chi connectivity index (χ2v) is 11.1. The largest absolute Gasteiger partial charge is 0.488 e. The molecule has 3 N–H and O–H groups in total. The van der Waals surface area contributed by atoms with Crippen LogP contribution in [0, 0.1) is 18.7 Å². The van der Waals surface area contributed by atoms with Crippen LogP contribution in [0.15, 0.2) is 35.2 Å². The van der Waals surface area contributed by atoms with Gasteiger partial charge in [-0.1, -0.05) is 18.2 Å². The SMILES string of the molecule is CSc1ccc(CC(C)(C)NC[C@@H](O)CO[C@H](C)c2ccc(C)c3c2[C@@H]2[C@H](O3)[C@H]2C(=O)O)cc1F. The maximum Gasteiger partial charge on any atom is 0.311 e. The zero-order chi connectivity index (χ0) is 25.5. The number of β-amino-alcohol motifs (C(OH)–C–C–N with tert-alkyl or cyclic N) is 1. The standard InChI is InChI=1S/C27H34FNO5S/c1-14-6-8-18(21-22-23(26(31)32)25(22)34-24(14)21)15(2)33-13-17(30)12-29-27(3,4)11-16-7-9-20(35-5)19(28)10-16/h6-10,15,17,22-23,25,29-30H,11-13H2,1-5H3,(H,31,32)/t15-,17-,22+,23+,25+/m1/s1. The number of aliphatic hydroxyl groups is 1. The van der Waals surface area contributed by atoms with Crippen LogP contribution in [0.1, 0.15) is 55.0 Å². The number of carbonyl (C=O) groups is 1. The Morgan fingerprint density at radius 2 is 2.06 bits per heavy atom. The summed E-state index contributed by atoms with van der Waals surface area (Å²) in [6.45, 7) is 8.35. The molecule has 0 aromatic heterocycles. The first-order valence-electron chi connectivity index (χ1n) is 11.9. The van der Waals surface area contributed by atoms with Crippen LogP contribution in [0.5, 0.6) is 5.75 Å². The Morgan fingerprint density at radius 1 is 1.31 bits per heavy atom. The van der Waals surface area contributed by atoms with Crippen LogP contribution >= 0.6 is 11.8 Å². The van der Waals surface area contributed by atoms with Gasteiger partial charge in [-0.3, -0.25) is 4.79 Å². The predicted octanol–water partition coefficient (Wildman–Crippen LogP) is 4.46. The highest BCUT2D eigenvalue weighted by atomic mass is 32.2. The fourth-order valence-corrected chi connectivity index (χ4v) is 5.43. The van der Waals surface area contributed by atoms with Crippen molar-refractivity contribution in [3.8, 4) is 5.75 Å². The van der Waals surface area contributed by atoms with Gasteiger partial charge in [0.1, 0.15) is 23.6 Å². The number of aliphatic carboxylic acids is 1. The molecule has 8 heteroatoms. The number of hydrogen-bond donors (Lipinski definition) is 3. The van der Waals surface area contributed by atoms with Gasteiger partial charge < -0.3 is 25.0 Å². The van der Waals surface area contributed by atoms with Gasteiger partial charge >= 0.3 is 5.97 Å². The van der Waals surface area contributed by atoms with Gasteiger partial charge in [-0.25, -0.2) is 4.39 Å². The summed E-state index contributed by atoms with van der Waals surface area (Å²) < 4.78 is 26.0. The van der Waals surface area contributed by atoms with E-state index in [1.165, 1.54) is 11.8 Å². The Kier molecular flexibility index (Phi) is 7.48. The fourth-order valence-electron chi connectivity index (χ4n) is 4.97. The van der Waals surface area contributed by atoms with Crippen LogP contribution in [0.2, 0.25) is 0 Å². The summed E-state index contributed by atoms with van der Waals surface area (Å²) in [4.78, 5) is 12.1. The lowest BCUT2D eigenvalue weighted by Crippen LogP contribution is -2.46. The van der Waals surface area contributed by atoms with E-state index in [-0.39, 0.29) is 36.1 Å². The number of hydrogen-bond acceptors (Lipinski definition) is 6. The summed E-state index contributed by atoms with van der Waals surface area (Å²) in [7, 11) is 0. The minimum Gasteiger partial charge on any atom is -0.488 e. The number of halogens is 1. The number of aliphatic hydroxyl groups excluding tert-OH is 1. The molecule has 0 unspecified atom stereocenters. The number of thioether (sulfide) groups is 1. The highest BCUT2D eigenvalue weighted by molar-refractivity contribution is 7.98. The molecule has 2 aromatic carbocycles. The van der Waals surface area contributed by atoms with Gasteiger partial charge in [-0.05, 0) is 69.2 Å². The molecular formula is C27H34FNO5S. The first-order chi connectivity index (χ1) is 16.5. The first kappa shape index (κ1) is 25.9. The van der Waals surface area contributed by atoms with Crippen LogP contribution in [0.4, 0.5) is 4.39 Å². The second kappa shape index (κ2) is 10.1. The lowest BCUT2D eigenvalue weighted by molar-refractivity contribution is -0.139. The zero-order valence-electron chi connectivity index (χ0n) is 20.8. The number of fused-ring (bicyclic) bond motifs is 3. The van der Waals surface area contributed by atoms with E-state index in [1.54, 1.807) is 12.1 Å². The molecule has 35 heavy (non-hydrogen) atoms. The molecule has 1 aliphatic carbocycles. The van der Waals surface area contributed by atoms with Crippen LogP contribution in [0.25, 0.3) is 0 Å². The van der Waals surface area contributed by atoms with Gasteiger partial charge in [-0.15, -0.1) is 11.8 Å². The minimum atomic E-state index is -0.835. The molecule has 5 atom stereocenters. The molecule has 4 rings (SSSR count). The van der Waals surface area contributed by atoms with Crippen LogP contribution in [0.3, 0.4) is 0 Å². The summed E-state index contributed by atoms with van der Waals surface area (Å²) in [5.41, 5.74) is 3.38. The molecule has 1 saturated carbocycles. The number of ether oxygens (including phenoxy) is 2. The predicted molar refractivity (Wildman–Crippen MR) is 134 cm³/mol. The minimum absolute atomic E-state index is 0.126. The molecular weight excluding hydrogens is 469 g/mol. The monoisotopic (exact) mass is 503 g/mol. The first-order valence-corrected chi connectivity index (χ1v) is 13.1. The second-order valence-electron chi connectivity index (χ2n) is 10.2. The quantitative estimate of drug-likeness (QED) is 0.390. The zero-order valence-corrected chi connectivity index (χ0v) is 21.6. The molecule has 1 fully saturated rings. The van der Waals surface area contributed by atoms with E-state index in [2.05, 4.69) is 5.32 Å². The summed E-state index contributed by atoms with van der Waals surface area (Å²) in [5.74, 6) is -0.910. The molecule has 1 heterocycles. The van der Waals surface area contributed by atoms with Crippen molar-refractivity contribution < 1.29 is 28.9 Å². The van der Waals surface area contributed by atoms with Crippen molar-refractivity contribution in [2.45, 2.75) is 68.8 Å². The molecule has 190 valence electrons. The fraction of sp³-hybridized carbons (Fsp3) is 0.519. The Bertz CT molecular complexity index is 1110. The van der Waals surface area contributed by atoms with Crippen LogP contribution < -0.4 is 10.1 Å². The van der Waals surface area contributed by atoms with Gasteiger partial charge in [0.25, 0.3) is 0 Å². The number of benzene rings is 2. The van der Waals surface area contributed by atoms with Gasteiger partial charge in [0.2, 0.25) is 0 Å². The smallest absolute Gasteiger partial charge is 0.311 e. The summed E-state index contributed by atoms with van der Waals surface area (Å²) in [5, 5.41) is 23.3. The van der Waals surface area contributed by atoms with E-state index in [0.29, 0.717) is 17.9 Å². The molecule has 0 bridgehead atoms. The highest BCUT2D eigenvalue weighted by Gasteiger charge is 2.64. The number of carboxylic acid groups (broad SMARTS) is 1. The third-order valence-electron chi connectivity index (χ3n) is 6.91. The van der Waals surface area contributed by atoms with Crippen molar-refractivity contribution in [1.29, 1.82) is 0 Å². The lowest BCUT2D eigenvalue weighted by Gasteiger charge is -2.28. The van der Waals surface area contributed by atoms with E-state index < -0.39 is 18.0 Å². The lowest BCUT2D eigenvalue weighted by atomic mass is 9.94. The summed E-state index contributed by atoms with van der Waals surface area (Å²) in [6.07, 6.45) is 1.12. The molecule has 0 radical (unpaired) electrons. The normalized spacial score (nSPS) is 22.2. The van der Waals surface area contributed by atoms with Crippen molar-refractivity contribution in [1.82, 2.24) is 5.32 Å². The van der Waals surface area contributed by atoms with Crippen molar-refractivity contribution in [2.75, 3.05) is 19.4 Å².